The number of nitrogens with zero attached hydrogens (tertiary/aromatic N) is 1. The van der Waals surface area contributed by atoms with Crippen LogP contribution in [0.15, 0.2) is 41.3 Å². The summed E-state index contributed by atoms with van der Waals surface area (Å²) in [6, 6.07) is 8.84. The molecule has 31 heavy (non-hydrogen) atoms. The maximum atomic E-state index is 13.4. The van der Waals surface area contributed by atoms with Gasteiger partial charge in [0.2, 0.25) is 0 Å². The number of aromatic nitrogens is 1. The largest absolute Gasteiger partial charge is 0.495 e. The van der Waals surface area contributed by atoms with Gasteiger partial charge in [-0.2, -0.15) is 0 Å². The Morgan fingerprint density at radius 1 is 0.968 bits per heavy atom. The lowest BCUT2D eigenvalue weighted by Crippen LogP contribution is -2.25. The van der Waals surface area contributed by atoms with E-state index in [2.05, 4.69) is 5.32 Å². The van der Waals surface area contributed by atoms with Crippen molar-refractivity contribution in [2.24, 2.45) is 5.92 Å². The van der Waals surface area contributed by atoms with Gasteiger partial charge < -0.3 is 24.1 Å². The van der Waals surface area contributed by atoms with E-state index in [1.807, 2.05) is 32.9 Å². The second-order valence-electron chi connectivity index (χ2n) is 7.80. The van der Waals surface area contributed by atoms with Crippen LogP contribution in [0.1, 0.15) is 29.8 Å². The molecule has 3 aromatic rings. The predicted molar refractivity (Wildman–Crippen MR) is 122 cm³/mol. The van der Waals surface area contributed by atoms with Crippen molar-refractivity contribution in [3.05, 3.63) is 58.0 Å². The van der Waals surface area contributed by atoms with E-state index in [-0.39, 0.29) is 17.4 Å². The van der Waals surface area contributed by atoms with Gasteiger partial charge in [-0.25, -0.2) is 0 Å². The quantitative estimate of drug-likeness (QED) is 0.614. The van der Waals surface area contributed by atoms with E-state index in [0.29, 0.717) is 45.8 Å². The molecule has 0 saturated carbocycles. The number of hydrogen-bond donors (Lipinski definition) is 1. The molecule has 0 saturated heterocycles. The van der Waals surface area contributed by atoms with E-state index in [4.69, 9.17) is 14.2 Å². The van der Waals surface area contributed by atoms with Crippen LogP contribution in [0.2, 0.25) is 0 Å². The standard InChI is InChI=1S/C24H28N2O5/c1-14(2)12-26-13-18(23(27)25-19-9-15(3)7-8-20(19)29-4)16-10-21(30-5)22(31-6)11-17(16)24(26)28/h7-11,13-14H,12H2,1-6H3,(H,25,27). The molecule has 0 aliphatic carbocycles. The lowest BCUT2D eigenvalue weighted by atomic mass is 10.0. The Kier molecular flexibility index (Phi) is 6.53. The summed E-state index contributed by atoms with van der Waals surface area (Å²) in [6.07, 6.45) is 1.61. The van der Waals surface area contributed by atoms with Crippen molar-refractivity contribution >= 4 is 22.4 Å². The van der Waals surface area contributed by atoms with E-state index >= 15 is 0 Å². The van der Waals surface area contributed by atoms with Crippen molar-refractivity contribution in [2.45, 2.75) is 27.3 Å². The lowest BCUT2D eigenvalue weighted by Gasteiger charge is -2.17. The van der Waals surface area contributed by atoms with E-state index in [0.717, 1.165) is 5.56 Å². The van der Waals surface area contributed by atoms with Gasteiger partial charge in [-0.1, -0.05) is 19.9 Å². The minimum absolute atomic E-state index is 0.186. The number of nitrogens with one attached hydrogen (secondary N) is 1. The van der Waals surface area contributed by atoms with Gasteiger partial charge in [-0.3, -0.25) is 9.59 Å². The molecular weight excluding hydrogens is 396 g/mol. The molecule has 0 aliphatic heterocycles. The fraction of sp³-hybridized carbons (Fsp3) is 0.333. The van der Waals surface area contributed by atoms with Crippen molar-refractivity contribution in [2.75, 3.05) is 26.6 Å². The maximum absolute atomic E-state index is 13.4. The molecule has 1 N–H and O–H groups in total. The molecule has 7 heteroatoms. The number of carbonyl (C=O) groups is 1. The Morgan fingerprint density at radius 2 is 1.58 bits per heavy atom. The number of ether oxygens (including phenoxy) is 3. The van der Waals surface area contributed by atoms with E-state index in [1.54, 1.807) is 36.1 Å². The van der Waals surface area contributed by atoms with Crippen LogP contribution in [0, 0.1) is 12.8 Å². The van der Waals surface area contributed by atoms with Crippen LogP contribution in [0.3, 0.4) is 0 Å². The Bertz CT molecular complexity index is 1180. The molecule has 0 atom stereocenters. The molecule has 164 valence electrons. The van der Waals surface area contributed by atoms with Crippen molar-refractivity contribution in [1.82, 2.24) is 4.57 Å². The number of carbonyl (C=O) groups excluding carboxylic acids is 1. The fourth-order valence-electron chi connectivity index (χ4n) is 3.54. The summed E-state index contributed by atoms with van der Waals surface area (Å²) >= 11 is 0. The number of fused-ring (bicyclic) bond motifs is 1. The average molecular weight is 424 g/mol. The summed E-state index contributed by atoms with van der Waals surface area (Å²) < 4.78 is 17.7. The lowest BCUT2D eigenvalue weighted by molar-refractivity contribution is 0.102. The highest BCUT2D eigenvalue weighted by Crippen LogP contribution is 2.33. The molecule has 1 aromatic heterocycles. The second kappa shape index (κ2) is 9.12. The minimum Gasteiger partial charge on any atom is -0.495 e. The number of pyridine rings is 1. The molecule has 1 heterocycles. The first-order valence-electron chi connectivity index (χ1n) is 10.0. The van der Waals surface area contributed by atoms with E-state index in [1.165, 1.54) is 14.2 Å². The number of amides is 1. The summed E-state index contributed by atoms with van der Waals surface area (Å²) in [7, 11) is 4.58. The summed E-state index contributed by atoms with van der Waals surface area (Å²) in [5, 5.41) is 3.81. The summed E-state index contributed by atoms with van der Waals surface area (Å²) in [6.45, 7) is 6.45. The molecule has 0 bridgehead atoms. The van der Waals surface area contributed by atoms with Crippen LogP contribution in [0.25, 0.3) is 10.8 Å². The van der Waals surface area contributed by atoms with Crippen LogP contribution in [0.4, 0.5) is 5.69 Å². The smallest absolute Gasteiger partial charge is 0.258 e. The third-order valence-electron chi connectivity index (χ3n) is 5.00. The SMILES string of the molecule is COc1ccc(C)cc1NC(=O)c1cn(CC(C)C)c(=O)c2cc(OC)c(OC)cc12. The molecule has 0 unspecified atom stereocenters. The highest BCUT2D eigenvalue weighted by molar-refractivity contribution is 6.13. The Hall–Kier alpha value is -3.48. The zero-order valence-corrected chi connectivity index (χ0v) is 18.7. The highest BCUT2D eigenvalue weighted by atomic mass is 16.5. The number of rotatable bonds is 7. The monoisotopic (exact) mass is 424 g/mol. The van der Waals surface area contributed by atoms with Gasteiger partial charge in [0.05, 0.1) is 38.0 Å². The molecule has 1 amide bonds. The Balaban J connectivity index is 2.22. The van der Waals surface area contributed by atoms with Crippen LogP contribution in [-0.4, -0.2) is 31.8 Å². The third-order valence-corrected chi connectivity index (χ3v) is 5.00. The molecule has 2 aromatic carbocycles. The fourth-order valence-corrected chi connectivity index (χ4v) is 3.54. The van der Waals surface area contributed by atoms with Gasteiger partial charge in [0.25, 0.3) is 11.5 Å². The zero-order chi connectivity index (χ0) is 22.7. The molecule has 0 aliphatic rings. The van der Waals surface area contributed by atoms with Crippen LogP contribution in [0.5, 0.6) is 17.2 Å². The van der Waals surface area contributed by atoms with Crippen molar-refractivity contribution in [1.29, 1.82) is 0 Å². The van der Waals surface area contributed by atoms with Gasteiger partial charge in [0, 0.05) is 18.1 Å². The molecule has 0 spiro atoms. The first kappa shape index (κ1) is 22.2. The maximum Gasteiger partial charge on any atom is 0.258 e. The molecule has 7 nitrogen and oxygen atoms in total. The zero-order valence-electron chi connectivity index (χ0n) is 18.7. The normalized spacial score (nSPS) is 10.9. The van der Waals surface area contributed by atoms with Crippen molar-refractivity contribution in [3.63, 3.8) is 0 Å². The van der Waals surface area contributed by atoms with Gasteiger partial charge in [0.1, 0.15) is 5.75 Å². The van der Waals surface area contributed by atoms with E-state index < -0.39 is 0 Å². The highest BCUT2D eigenvalue weighted by Gasteiger charge is 2.20. The summed E-state index contributed by atoms with van der Waals surface area (Å²) in [5.74, 6) is 1.30. The molecule has 0 fully saturated rings. The Labute approximate surface area is 181 Å². The van der Waals surface area contributed by atoms with Crippen molar-refractivity contribution in [3.8, 4) is 17.2 Å². The third kappa shape index (κ3) is 4.50. The van der Waals surface area contributed by atoms with Gasteiger partial charge in [-0.05, 0) is 42.7 Å². The first-order valence-corrected chi connectivity index (χ1v) is 10.0. The molecule has 3 rings (SSSR count). The average Bonchev–Trinajstić information content (AvgIpc) is 2.74. The number of benzene rings is 2. The number of anilines is 1. The van der Waals surface area contributed by atoms with Gasteiger partial charge >= 0.3 is 0 Å². The first-order chi connectivity index (χ1) is 14.8. The second-order valence-corrected chi connectivity index (χ2v) is 7.80. The van der Waals surface area contributed by atoms with Crippen LogP contribution in [-0.2, 0) is 6.54 Å². The number of hydrogen-bond acceptors (Lipinski definition) is 5. The molecule has 0 radical (unpaired) electrons. The van der Waals surface area contributed by atoms with E-state index in [9.17, 15) is 9.59 Å². The Morgan fingerprint density at radius 3 is 2.16 bits per heavy atom. The minimum atomic E-state index is -0.348. The topological polar surface area (TPSA) is 78.8 Å². The van der Waals surface area contributed by atoms with Crippen LogP contribution >= 0.6 is 0 Å². The van der Waals surface area contributed by atoms with Crippen LogP contribution < -0.4 is 25.1 Å². The predicted octanol–water partition coefficient (Wildman–Crippen LogP) is 4.24. The number of methoxy groups -OCH3 is 3. The number of aryl methyl sites for hydroxylation is 1. The van der Waals surface area contributed by atoms with Gasteiger partial charge in [-0.15, -0.1) is 0 Å². The summed E-state index contributed by atoms with van der Waals surface area (Å²) in [4.78, 5) is 26.5. The van der Waals surface area contributed by atoms with Gasteiger partial charge in [0.15, 0.2) is 11.5 Å². The van der Waals surface area contributed by atoms with Crippen molar-refractivity contribution < 1.29 is 19.0 Å². The molecular formula is C24H28N2O5. The summed E-state index contributed by atoms with van der Waals surface area (Å²) in [5.41, 5.74) is 1.72.